The standard InChI is InChI=1S/C24H24N4O5/c1-28-11-10-15(27-28)13-25-23(31)21(12-22(29)30)26-24(32)33-14-20-18-8-4-2-6-16(18)17-7-3-5-9-19(17)20/h2-11,20-21H,12-14H2,1H3,(H,25,31)(H,26,32)(H,29,30). The topological polar surface area (TPSA) is 123 Å². The van der Waals surface area contributed by atoms with Crippen LogP contribution >= 0.6 is 0 Å². The summed E-state index contributed by atoms with van der Waals surface area (Å²) in [5.74, 6) is -1.98. The van der Waals surface area contributed by atoms with Crippen LogP contribution in [0.1, 0.15) is 29.2 Å². The lowest BCUT2D eigenvalue weighted by Crippen LogP contribution is -2.48. The van der Waals surface area contributed by atoms with Crippen LogP contribution in [-0.4, -0.2) is 45.5 Å². The first kappa shape index (κ1) is 22.1. The zero-order valence-electron chi connectivity index (χ0n) is 18.0. The van der Waals surface area contributed by atoms with Gasteiger partial charge in [-0.25, -0.2) is 4.79 Å². The Labute approximate surface area is 190 Å². The number of nitrogens with zero attached hydrogens (tertiary/aromatic N) is 2. The molecule has 0 spiro atoms. The molecule has 3 N–H and O–H groups in total. The van der Waals surface area contributed by atoms with Crippen molar-refractivity contribution in [3.63, 3.8) is 0 Å². The molecule has 3 aromatic rings. The zero-order chi connectivity index (χ0) is 23.4. The first-order valence-electron chi connectivity index (χ1n) is 10.5. The maximum atomic E-state index is 12.5. The van der Waals surface area contributed by atoms with E-state index in [0.717, 1.165) is 22.3 Å². The monoisotopic (exact) mass is 448 g/mol. The van der Waals surface area contributed by atoms with Crippen molar-refractivity contribution in [1.29, 1.82) is 0 Å². The van der Waals surface area contributed by atoms with Crippen molar-refractivity contribution in [3.05, 3.63) is 77.6 Å². The molecular formula is C24H24N4O5. The van der Waals surface area contributed by atoms with E-state index in [4.69, 9.17) is 9.84 Å². The van der Waals surface area contributed by atoms with Gasteiger partial charge in [0.25, 0.3) is 0 Å². The molecule has 1 unspecified atom stereocenters. The Kier molecular flexibility index (Phi) is 6.39. The van der Waals surface area contributed by atoms with Crippen molar-refractivity contribution in [2.75, 3.05) is 6.61 Å². The van der Waals surface area contributed by atoms with Gasteiger partial charge in [0.2, 0.25) is 5.91 Å². The summed E-state index contributed by atoms with van der Waals surface area (Å²) >= 11 is 0. The third-order valence-corrected chi connectivity index (χ3v) is 5.54. The number of aliphatic carboxylic acids is 1. The average Bonchev–Trinajstić information content (AvgIpc) is 3.36. The van der Waals surface area contributed by atoms with Crippen LogP contribution in [0.2, 0.25) is 0 Å². The summed E-state index contributed by atoms with van der Waals surface area (Å²) in [6, 6.07) is 16.3. The zero-order valence-corrected chi connectivity index (χ0v) is 18.0. The van der Waals surface area contributed by atoms with E-state index in [1.54, 1.807) is 24.0 Å². The number of hydrogen-bond acceptors (Lipinski definition) is 5. The highest BCUT2D eigenvalue weighted by Crippen LogP contribution is 2.44. The number of carboxylic acid groups (broad SMARTS) is 1. The lowest BCUT2D eigenvalue weighted by Gasteiger charge is -2.18. The smallest absolute Gasteiger partial charge is 0.407 e. The Morgan fingerprint density at radius 1 is 1.06 bits per heavy atom. The second kappa shape index (κ2) is 9.56. The average molecular weight is 448 g/mol. The SMILES string of the molecule is Cn1ccc(CNC(=O)C(CC(=O)O)NC(=O)OCC2c3ccccc3-c3ccccc32)n1. The number of ether oxygens (including phenoxy) is 1. The molecule has 170 valence electrons. The summed E-state index contributed by atoms with van der Waals surface area (Å²) in [7, 11) is 1.75. The van der Waals surface area contributed by atoms with Crippen LogP contribution in [0.4, 0.5) is 4.79 Å². The number of nitrogens with one attached hydrogen (secondary N) is 2. The number of carboxylic acids is 1. The van der Waals surface area contributed by atoms with E-state index in [2.05, 4.69) is 15.7 Å². The molecular weight excluding hydrogens is 424 g/mol. The fraction of sp³-hybridized carbons (Fsp3) is 0.250. The van der Waals surface area contributed by atoms with Crippen LogP contribution in [0, 0.1) is 0 Å². The van der Waals surface area contributed by atoms with Gasteiger partial charge in [0, 0.05) is 19.2 Å². The molecule has 0 radical (unpaired) electrons. The minimum absolute atomic E-state index is 0.0647. The molecule has 2 amide bonds. The van der Waals surface area contributed by atoms with Crippen LogP contribution in [0.5, 0.6) is 0 Å². The summed E-state index contributed by atoms with van der Waals surface area (Å²) in [5.41, 5.74) is 4.92. The van der Waals surface area contributed by atoms with Crippen molar-refractivity contribution in [2.24, 2.45) is 7.05 Å². The van der Waals surface area contributed by atoms with Crippen LogP contribution < -0.4 is 10.6 Å². The molecule has 0 saturated heterocycles. The number of carbonyl (C=O) groups excluding carboxylic acids is 2. The fourth-order valence-corrected chi connectivity index (χ4v) is 4.02. The van der Waals surface area contributed by atoms with Gasteiger partial charge in [0.05, 0.1) is 18.7 Å². The lowest BCUT2D eigenvalue weighted by atomic mass is 9.98. The number of aromatic nitrogens is 2. The van der Waals surface area contributed by atoms with Crippen LogP contribution in [-0.2, 0) is 27.9 Å². The third kappa shape index (κ3) is 5.03. The molecule has 1 heterocycles. The molecule has 9 heteroatoms. The largest absolute Gasteiger partial charge is 0.481 e. The second-order valence-electron chi connectivity index (χ2n) is 7.82. The van der Waals surface area contributed by atoms with E-state index in [1.165, 1.54) is 0 Å². The van der Waals surface area contributed by atoms with Crippen LogP contribution in [0.25, 0.3) is 11.1 Å². The lowest BCUT2D eigenvalue weighted by molar-refractivity contribution is -0.139. The summed E-state index contributed by atoms with van der Waals surface area (Å²) in [6.07, 6.45) is 0.305. The maximum Gasteiger partial charge on any atom is 0.407 e. The Morgan fingerprint density at radius 2 is 1.70 bits per heavy atom. The first-order chi connectivity index (χ1) is 15.9. The predicted molar refractivity (Wildman–Crippen MR) is 119 cm³/mol. The quantitative estimate of drug-likeness (QED) is 0.486. The molecule has 0 saturated carbocycles. The van der Waals surface area contributed by atoms with Gasteiger partial charge in [0.1, 0.15) is 12.6 Å². The number of hydrogen-bond donors (Lipinski definition) is 3. The van der Waals surface area contributed by atoms with Gasteiger partial charge >= 0.3 is 12.1 Å². The minimum atomic E-state index is -1.28. The summed E-state index contributed by atoms with van der Waals surface area (Å²) < 4.78 is 7.02. The number of carbonyl (C=O) groups is 3. The van der Waals surface area contributed by atoms with Crippen molar-refractivity contribution in [1.82, 2.24) is 20.4 Å². The summed E-state index contributed by atoms with van der Waals surface area (Å²) in [5, 5.41) is 18.3. The number of alkyl carbamates (subject to hydrolysis) is 1. The van der Waals surface area contributed by atoms with Gasteiger partial charge < -0.3 is 20.5 Å². The van der Waals surface area contributed by atoms with Crippen LogP contribution in [0.15, 0.2) is 60.8 Å². The molecule has 1 aliphatic carbocycles. The Morgan fingerprint density at radius 3 is 2.27 bits per heavy atom. The highest BCUT2D eigenvalue weighted by molar-refractivity contribution is 5.89. The van der Waals surface area contributed by atoms with Crippen molar-refractivity contribution in [2.45, 2.75) is 24.9 Å². The Balaban J connectivity index is 1.38. The molecule has 2 aromatic carbocycles. The predicted octanol–water partition coefficient (Wildman–Crippen LogP) is 2.42. The highest BCUT2D eigenvalue weighted by Gasteiger charge is 2.30. The minimum Gasteiger partial charge on any atom is -0.481 e. The van der Waals surface area contributed by atoms with Gasteiger partial charge in [-0.3, -0.25) is 14.3 Å². The Hall–Kier alpha value is -4.14. The number of aryl methyl sites for hydroxylation is 1. The van der Waals surface area contributed by atoms with Gasteiger partial charge in [-0.1, -0.05) is 48.5 Å². The van der Waals surface area contributed by atoms with Gasteiger partial charge in [-0.05, 0) is 28.3 Å². The van der Waals surface area contributed by atoms with Crippen molar-refractivity contribution in [3.8, 4) is 11.1 Å². The van der Waals surface area contributed by atoms with Gasteiger partial charge in [-0.2, -0.15) is 5.10 Å². The molecule has 1 aromatic heterocycles. The summed E-state index contributed by atoms with van der Waals surface area (Å²) in [4.78, 5) is 36.2. The first-order valence-corrected chi connectivity index (χ1v) is 10.5. The number of benzene rings is 2. The van der Waals surface area contributed by atoms with E-state index in [1.807, 2.05) is 48.5 Å². The number of rotatable bonds is 8. The van der Waals surface area contributed by atoms with Crippen LogP contribution in [0.3, 0.4) is 0 Å². The van der Waals surface area contributed by atoms with E-state index in [0.29, 0.717) is 5.69 Å². The van der Waals surface area contributed by atoms with E-state index in [9.17, 15) is 14.4 Å². The Bertz CT molecular complexity index is 1140. The molecule has 0 aliphatic heterocycles. The molecule has 4 rings (SSSR count). The third-order valence-electron chi connectivity index (χ3n) is 5.54. The van der Waals surface area contributed by atoms with E-state index < -0.39 is 30.4 Å². The van der Waals surface area contributed by atoms with Gasteiger partial charge in [-0.15, -0.1) is 0 Å². The number of amides is 2. The molecule has 33 heavy (non-hydrogen) atoms. The maximum absolute atomic E-state index is 12.5. The van der Waals surface area contributed by atoms with Crippen molar-refractivity contribution < 1.29 is 24.2 Å². The molecule has 1 atom stereocenters. The second-order valence-corrected chi connectivity index (χ2v) is 7.82. The summed E-state index contributed by atoms with van der Waals surface area (Å²) in [6.45, 7) is 0.178. The normalized spacial score (nSPS) is 13.0. The molecule has 0 fully saturated rings. The highest BCUT2D eigenvalue weighted by atomic mass is 16.5. The van der Waals surface area contributed by atoms with Crippen molar-refractivity contribution >= 4 is 18.0 Å². The van der Waals surface area contributed by atoms with Gasteiger partial charge in [0.15, 0.2) is 0 Å². The molecule has 0 bridgehead atoms. The molecule has 9 nitrogen and oxygen atoms in total. The van der Waals surface area contributed by atoms with E-state index in [-0.39, 0.29) is 19.1 Å². The molecule has 1 aliphatic rings. The van der Waals surface area contributed by atoms with E-state index >= 15 is 0 Å². The number of fused-ring (bicyclic) bond motifs is 3. The fourth-order valence-electron chi connectivity index (χ4n) is 4.02.